The number of aromatic hydroxyl groups is 3. The van der Waals surface area contributed by atoms with Gasteiger partial charge in [0.1, 0.15) is 28.6 Å². The molecule has 0 unspecified atom stereocenters. The number of ether oxygens (including phenoxy) is 2. The molecule has 0 aromatic heterocycles. The van der Waals surface area contributed by atoms with E-state index in [0.717, 1.165) is 11.8 Å². The van der Waals surface area contributed by atoms with E-state index < -0.39 is 5.97 Å². The van der Waals surface area contributed by atoms with Crippen LogP contribution in [0, 0.1) is 0 Å². The number of hydrogen-bond acceptors (Lipinski definition) is 6. The maximum Gasteiger partial charge on any atom is 0.342 e. The van der Waals surface area contributed by atoms with Gasteiger partial charge in [-0.15, -0.1) is 0 Å². The summed E-state index contributed by atoms with van der Waals surface area (Å²) in [5, 5.41) is 32.8. The Morgan fingerprint density at radius 3 is 2.29 bits per heavy atom. The molecule has 0 fully saturated rings. The molecular weight excluding hydrogens is 360 g/mol. The van der Waals surface area contributed by atoms with Gasteiger partial charge in [-0.3, -0.25) is 0 Å². The second-order valence-electron chi connectivity index (χ2n) is 6.39. The fourth-order valence-electron chi connectivity index (χ4n) is 3.10. The number of unbranched alkanes of at least 4 members (excludes halogenated alkanes) is 1. The number of hydrogen-bond donors (Lipinski definition) is 3. The minimum atomic E-state index is -0.767. The van der Waals surface area contributed by atoms with Gasteiger partial charge in [0.15, 0.2) is 0 Å². The van der Waals surface area contributed by atoms with Crippen LogP contribution in [0.4, 0.5) is 0 Å². The van der Waals surface area contributed by atoms with Crippen molar-refractivity contribution in [2.45, 2.75) is 19.8 Å². The van der Waals surface area contributed by atoms with Crippen molar-refractivity contribution >= 4 is 16.7 Å². The summed E-state index contributed by atoms with van der Waals surface area (Å²) in [6.07, 6.45) is 1.52. The summed E-state index contributed by atoms with van der Waals surface area (Å²) in [5.41, 5.74) is 0.0341. The second-order valence-corrected chi connectivity index (χ2v) is 6.39. The molecule has 0 amide bonds. The number of methoxy groups -OCH3 is 1. The minimum absolute atomic E-state index is 0.0119. The van der Waals surface area contributed by atoms with E-state index in [9.17, 15) is 20.1 Å². The van der Waals surface area contributed by atoms with E-state index >= 15 is 0 Å². The number of carbonyl (C=O) groups is 1. The van der Waals surface area contributed by atoms with Crippen molar-refractivity contribution < 1.29 is 29.6 Å². The monoisotopic (exact) mass is 382 g/mol. The molecule has 0 atom stereocenters. The highest BCUT2D eigenvalue weighted by Gasteiger charge is 2.25. The Kier molecular flexibility index (Phi) is 5.59. The Labute approximate surface area is 162 Å². The van der Waals surface area contributed by atoms with Crippen molar-refractivity contribution in [1.82, 2.24) is 0 Å². The fourth-order valence-corrected chi connectivity index (χ4v) is 3.10. The van der Waals surface area contributed by atoms with Crippen LogP contribution in [0.15, 0.2) is 42.5 Å². The third kappa shape index (κ3) is 3.53. The molecule has 0 saturated carbocycles. The highest BCUT2D eigenvalue weighted by Crippen LogP contribution is 2.45. The summed E-state index contributed by atoms with van der Waals surface area (Å²) >= 11 is 0. The summed E-state index contributed by atoms with van der Waals surface area (Å²) in [5.74, 6) is -0.967. The van der Waals surface area contributed by atoms with Gasteiger partial charge in [0.2, 0.25) is 0 Å². The number of esters is 1. The van der Waals surface area contributed by atoms with E-state index in [1.807, 2.05) is 6.92 Å². The molecule has 3 aromatic carbocycles. The van der Waals surface area contributed by atoms with E-state index in [1.165, 1.54) is 25.3 Å². The average molecular weight is 382 g/mol. The Morgan fingerprint density at radius 2 is 1.57 bits per heavy atom. The molecular formula is C22H22O6. The van der Waals surface area contributed by atoms with Gasteiger partial charge in [-0.1, -0.05) is 25.5 Å². The van der Waals surface area contributed by atoms with Crippen LogP contribution in [0.1, 0.15) is 30.1 Å². The van der Waals surface area contributed by atoms with E-state index in [1.54, 1.807) is 24.3 Å². The molecule has 0 saturated heterocycles. The quantitative estimate of drug-likeness (QED) is 0.328. The third-order valence-corrected chi connectivity index (χ3v) is 4.55. The van der Waals surface area contributed by atoms with Crippen LogP contribution in [0.25, 0.3) is 21.9 Å². The first-order valence-electron chi connectivity index (χ1n) is 9.00. The maximum atomic E-state index is 12.7. The summed E-state index contributed by atoms with van der Waals surface area (Å²) in [6, 6.07) is 10.9. The van der Waals surface area contributed by atoms with Crippen molar-refractivity contribution in [2.75, 3.05) is 13.7 Å². The van der Waals surface area contributed by atoms with Crippen LogP contribution in [0.3, 0.4) is 0 Å². The molecule has 0 heterocycles. The molecule has 3 rings (SSSR count). The van der Waals surface area contributed by atoms with Crippen LogP contribution in [0.2, 0.25) is 0 Å². The summed E-state index contributed by atoms with van der Waals surface area (Å²) in [6.45, 7) is 2.16. The van der Waals surface area contributed by atoms with Crippen molar-refractivity contribution in [3.63, 3.8) is 0 Å². The van der Waals surface area contributed by atoms with Crippen molar-refractivity contribution in [3.05, 3.63) is 48.0 Å². The molecule has 3 aromatic rings. The average Bonchev–Trinajstić information content (AvgIpc) is 2.69. The molecule has 0 spiro atoms. The normalized spacial score (nSPS) is 10.8. The van der Waals surface area contributed by atoms with Crippen LogP contribution in [-0.2, 0) is 4.74 Å². The first-order chi connectivity index (χ1) is 13.5. The number of fused-ring (bicyclic) bond motifs is 1. The zero-order valence-electron chi connectivity index (χ0n) is 15.7. The van der Waals surface area contributed by atoms with E-state index in [-0.39, 0.29) is 40.5 Å². The van der Waals surface area contributed by atoms with Crippen LogP contribution in [-0.4, -0.2) is 35.0 Å². The SMILES string of the molecule is CCCCOC(=O)c1c(O)ccc(O)c1-c1c(O)ccc2ccc(OC)cc12. The topological polar surface area (TPSA) is 96.2 Å². The number of carbonyl (C=O) groups excluding carboxylic acids is 1. The number of benzene rings is 3. The molecule has 0 aliphatic heterocycles. The van der Waals surface area contributed by atoms with Crippen molar-refractivity contribution in [2.24, 2.45) is 0 Å². The zero-order chi connectivity index (χ0) is 20.3. The van der Waals surface area contributed by atoms with Crippen LogP contribution < -0.4 is 4.74 Å². The van der Waals surface area contributed by atoms with Gasteiger partial charge in [0, 0.05) is 11.1 Å². The number of phenols is 3. The van der Waals surface area contributed by atoms with Crippen LogP contribution in [0.5, 0.6) is 23.0 Å². The smallest absolute Gasteiger partial charge is 0.342 e. The number of rotatable bonds is 6. The summed E-state index contributed by atoms with van der Waals surface area (Å²) in [4.78, 5) is 12.7. The van der Waals surface area contributed by atoms with Gasteiger partial charge in [-0.25, -0.2) is 4.79 Å². The molecule has 0 aliphatic carbocycles. The molecule has 0 radical (unpaired) electrons. The lowest BCUT2D eigenvalue weighted by atomic mass is 9.92. The standard InChI is InChI=1S/C22H22O6/c1-3-4-11-28-22(26)21-18(25)10-9-17(24)20(21)19-15-12-14(27-2)7-5-13(15)6-8-16(19)23/h5-10,12,23-25H,3-4,11H2,1-2H3. The summed E-state index contributed by atoms with van der Waals surface area (Å²) in [7, 11) is 1.52. The molecule has 3 N–H and O–H groups in total. The predicted octanol–water partition coefficient (Wildman–Crippen LogP) is 4.59. The van der Waals surface area contributed by atoms with Gasteiger partial charge in [0.25, 0.3) is 0 Å². The van der Waals surface area contributed by atoms with Crippen LogP contribution >= 0.6 is 0 Å². The lowest BCUT2D eigenvalue weighted by Crippen LogP contribution is -2.09. The molecule has 0 aliphatic rings. The fraction of sp³-hybridized carbons (Fsp3) is 0.227. The van der Waals surface area contributed by atoms with E-state index in [2.05, 4.69) is 0 Å². The Bertz CT molecular complexity index is 1030. The van der Waals surface area contributed by atoms with Gasteiger partial charge in [-0.2, -0.15) is 0 Å². The van der Waals surface area contributed by atoms with Crippen molar-refractivity contribution in [1.29, 1.82) is 0 Å². The Hall–Kier alpha value is -3.41. The first kappa shape index (κ1) is 19.4. The van der Waals surface area contributed by atoms with E-state index in [4.69, 9.17) is 9.47 Å². The van der Waals surface area contributed by atoms with Gasteiger partial charge in [-0.05, 0) is 47.5 Å². The molecule has 6 nitrogen and oxygen atoms in total. The van der Waals surface area contributed by atoms with Crippen molar-refractivity contribution in [3.8, 4) is 34.1 Å². The molecule has 146 valence electrons. The Balaban J connectivity index is 2.28. The minimum Gasteiger partial charge on any atom is -0.507 e. The molecule has 6 heteroatoms. The molecule has 0 bridgehead atoms. The second kappa shape index (κ2) is 8.08. The predicted molar refractivity (Wildman–Crippen MR) is 106 cm³/mol. The lowest BCUT2D eigenvalue weighted by Gasteiger charge is -2.16. The van der Waals surface area contributed by atoms with Gasteiger partial charge in [0.05, 0.1) is 13.7 Å². The largest absolute Gasteiger partial charge is 0.507 e. The molecule has 28 heavy (non-hydrogen) atoms. The Morgan fingerprint density at radius 1 is 0.929 bits per heavy atom. The first-order valence-corrected chi connectivity index (χ1v) is 9.00. The number of phenolic OH excluding ortho intramolecular Hbond substituents is 3. The summed E-state index contributed by atoms with van der Waals surface area (Å²) < 4.78 is 10.5. The highest BCUT2D eigenvalue weighted by molar-refractivity contribution is 6.09. The zero-order valence-corrected chi connectivity index (χ0v) is 15.7. The lowest BCUT2D eigenvalue weighted by molar-refractivity contribution is 0.0497. The third-order valence-electron chi connectivity index (χ3n) is 4.55. The van der Waals surface area contributed by atoms with Gasteiger partial charge >= 0.3 is 5.97 Å². The van der Waals surface area contributed by atoms with E-state index in [0.29, 0.717) is 17.6 Å². The highest BCUT2D eigenvalue weighted by atomic mass is 16.5. The maximum absolute atomic E-state index is 12.7. The van der Waals surface area contributed by atoms with Gasteiger partial charge < -0.3 is 24.8 Å².